The van der Waals surface area contributed by atoms with Crippen molar-refractivity contribution in [1.29, 1.82) is 0 Å². The maximum absolute atomic E-state index is 10.9. The second kappa shape index (κ2) is 2.21. The zero-order chi connectivity index (χ0) is 8.01. The molecule has 0 aliphatic heterocycles. The predicted octanol–water partition coefficient (Wildman–Crippen LogP) is -0.155. The molecule has 3 heteroatoms. The fourth-order valence-electron chi connectivity index (χ4n) is 2.76. The number of amides is 1. The zero-order valence-corrected chi connectivity index (χ0v) is 6.49. The van der Waals surface area contributed by atoms with Crippen LogP contribution in [0.3, 0.4) is 0 Å². The van der Waals surface area contributed by atoms with Crippen molar-refractivity contribution < 1.29 is 4.79 Å². The number of hydrogen-bond acceptors (Lipinski definition) is 2. The molecule has 2 aliphatic carbocycles. The Kier molecular flexibility index (Phi) is 1.42. The number of carbonyl (C=O) groups is 1. The van der Waals surface area contributed by atoms with Crippen molar-refractivity contribution in [1.82, 2.24) is 0 Å². The van der Waals surface area contributed by atoms with E-state index in [2.05, 4.69) is 0 Å². The Morgan fingerprint density at radius 3 is 2.27 bits per heavy atom. The van der Waals surface area contributed by atoms with E-state index in [0.29, 0.717) is 11.8 Å². The van der Waals surface area contributed by atoms with E-state index in [-0.39, 0.29) is 17.9 Å². The molecule has 1 amide bonds. The maximum Gasteiger partial charge on any atom is 0.222 e. The molecule has 0 aromatic rings. The molecule has 0 aromatic carbocycles. The van der Waals surface area contributed by atoms with Crippen LogP contribution in [0.4, 0.5) is 0 Å². The molecule has 4 N–H and O–H groups in total. The van der Waals surface area contributed by atoms with Gasteiger partial charge in [0.2, 0.25) is 5.91 Å². The van der Waals surface area contributed by atoms with E-state index in [4.69, 9.17) is 11.5 Å². The molecule has 0 radical (unpaired) electrons. The second-order valence-electron chi connectivity index (χ2n) is 3.84. The topological polar surface area (TPSA) is 69.1 Å². The summed E-state index contributed by atoms with van der Waals surface area (Å²) in [7, 11) is 0. The highest BCUT2D eigenvalue weighted by molar-refractivity contribution is 5.78. The van der Waals surface area contributed by atoms with Gasteiger partial charge < -0.3 is 11.5 Å². The third-order valence-corrected chi connectivity index (χ3v) is 3.31. The first-order valence-corrected chi connectivity index (χ1v) is 4.25. The predicted molar refractivity (Wildman–Crippen MR) is 41.5 cm³/mol. The highest BCUT2D eigenvalue weighted by Gasteiger charge is 2.48. The van der Waals surface area contributed by atoms with Crippen LogP contribution in [0.15, 0.2) is 0 Å². The van der Waals surface area contributed by atoms with E-state index in [1.807, 2.05) is 0 Å². The van der Waals surface area contributed by atoms with Crippen LogP contribution in [-0.4, -0.2) is 11.9 Å². The van der Waals surface area contributed by atoms with Gasteiger partial charge >= 0.3 is 0 Å². The quantitative estimate of drug-likeness (QED) is 0.551. The van der Waals surface area contributed by atoms with E-state index in [1.165, 1.54) is 6.42 Å². The molecule has 2 aliphatic rings. The van der Waals surface area contributed by atoms with Crippen molar-refractivity contribution >= 4 is 5.91 Å². The summed E-state index contributed by atoms with van der Waals surface area (Å²) in [6.45, 7) is 0. The second-order valence-corrected chi connectivity index (χ2v) is 3.84. The van der Waals surface area contributed by atoms with Gasteiger partial charge in [0.15, 0.2) is 0 Å². The van der Waals surface area contributed by atoms with Crippen molar-refractivity contribution in [3.05, 3.63) is 0 Å². The number of nitrogens with two attached hydrogens (primary N) is 2. The van der Waals surface area contributed by atoms with Gasteiger partial charge in [-0.05, 0) is 31.1 Å². The van der Waals surface area contributed by atoms with Crippen molar-refractivity contribution in [3.8, 4) is 0 Å². The van der Waals surface area contributed by atoms with Gasteiger partial charge in [-0.25, -0.2) is 0 Å². The Labute approximate surface area is 66.1 Å². The third kappa shape index (κ3) is 0.872. The lowest BCUT2D eigenvalue weighted by Crippen LogP contribution is -2.43. The van der Waals surface area contributed by atoms with Gasteiger partial charge in [-0.1, -0.05) is 0 Å². The maximum atomic E-state index is 10.9. The number of carbonyl (C=O) groups excluding carboxylic acids is 1. The van der Waals surface area contributed by atoms with Crippen molar-refractivity contribution in [2.45, 2.75) is 25.3 Å². The Morgan fingerprint density at radius 1 is 1.27 bits per heavy atom. The van der Waals surface area contributed by atoms with Crippen LogP contribution in [0.1, 0.15) is 19.3 Å². The van der Waals surface area contributed by atoms with E-state index >= 15 is 0 Å². The minimum absolute atomic E-state index is 0.0197. The average molecular weight is 154 g/mol. The molecule has 2 fully saturated rings. The van der Waals surface area contributed by atoms with E-state index in [9.17, 15) is 4.79 Å². The number of hydrogen-bond donors (Lipinski definition) is 2. The highest BCUT2D eigenvalue weighted by Crippen LogP contribution is 2.47. The fraction of sp³-hybridized carbons (Fsp3) is 0.875. The van der Waals surface area contributed by atoms with Crippen LogP contribution >= 0.6 is 0 Å². The third-order valence-electron chi connectivity index (χ3n) is 3.31. The summed E-state index contributed by atoms with van der Waals surface area (Å²) in [4.78, 5) is 10.9. The van der Waals surface area contributed by atoms with Crippen LogP contribution in [-0.2, 0) is 4.79 Å². The SMILES string of the molecule is NC(=O)[C@@H]1[C@H]2CC[C@@H](C2)[C@H]1N. The van der Waals surface area contributed by atoms with E-state index in [1.54, 1.807) is 0 Å². The lowest BCUT2D eigenvalue weighted by molar-refractivity contribution is -0.123. The summed E-state index contributed by atoms with van der Waals surface area (Å²) < 4.78 is 0. The van der Waals surface area contributed by atoms with Crippen LogP contribution < -0.4 is 11.5 Å². The fourth-order valence-corrected chi connectivity index (χ4v) is 2.76. The Bertz CT molecular complexity index is 191. The van der Waals surface area contributed by atoms with Gasteiger partial charge in [-0.15, -0.1) is 0 Å². The molecule has 2 bridgehead atoms. The molecule has 2 rings (SSSR count). The highest BCUT2D eigenvalue weighted by atomic mass is 16.1. The first kappa shape index (κ1) is 7.10. The van der Waals surface area contributed by atoms with Gasteiger partial charge in [0.05, 0.1) is 5.92 Å². The number of rotatable bonds is 1. The summed E-state index contributed by atoms with van der Waals surface area (Å²) >= 11 is 0. The molecule has 0 heterocycles. The average Bonchev–Trinajstić information content (AvgIpc) is 2.44. The first-order valence-electron chi connectivity index (χ1n) is 4.25. The molecule has 62 valence electrons. The van der Waals surface area contributed by atoms with Gasteiger partial charge in [-0.2, -0.15) is 0 Å². The summed E-state index contributed by atoms with van der Waals surface area (Å²) in [5.41, 5.74) is 11.1. The van der Waals surface area contributed by atoms with Crippen LogP contribution in [0.2, 0.25) is 0 Å². The van der Waals surface area contributed by atoms with Crippen LogP contribution in [0, 0.1) is 17.8 Å². The van der Waals surface area contributed by atoms with Gasteiger partial charge in [0, 0.05) is 6.04 Å². The molecular weight excluding hydrogens is 140 g/mol. The Hall–Kier alpha value is -0.570. The largest absolute Gasteiger partial charge is 0.369 e. The normalized spacial score (nSPS) is 48.1. The minimum atomic E-state index is -0.190. The summed E-state index contributed by atoms with van der Waals surface area (Å²) in [5, 5.41) is 0. The van der Waals surface area contributed by atoms with Crippen molar-refractivity contribution in [2.24, 2.45) is 29.2 Å². The van der Waals surface area contributed by atoms with E-state index in [0.717, 1.165) is 12.8 Å². The lowest BCUT2D eigenvalue weighted by Gasteiger charge is -2.24. The van der Waals surface area contributed by atoms with Gasteiger partial charge in [0.25, 0.3) is 0 Å². The molecule has 4 atom stereocenters. The van der Waals surface area contributed by atoms with Crippen LogP contribution in [0.25, 0.3) is 0 Å². The molecule has 0 spiro atoms. The molecule has 0 saturated heterocycles. The first-order chi connectivity index (χ1) is 5.20. The minimum Gasteiger partial charge on any atom is -0.369 e. The lowest BCUT2D eigenvalue weighted by atomic mass is 9.84. The summed E-state index contributed by atoms with van der Waals surface area (Å²) in [6.07, 6.45) is 3.50. The summed E-state index contributed by atoms with van der Waals surface area (Å²) in [6, 6.07) is 0.0613. The standard InChI is InChI=1S/C8H14N2O/c9-7-5-2-1-4(3-5)6(7)8(10)11/h4-7H,1-3,9H2,(H2,10,11)/t4-,5-,6+,7+/m0/s1. The molecule has 2 saturated carbocycles. The Morgan fingerprint density at radius 2 is 1.91 bits per heavy atom. The molecule has 0 aromatic heterocycles. The number of fused-ring (bicyclic) bond motifs is 2. The van der Waals surface area contributed by atoms with Crippen molar-refractivity contribution in [2.75, 3.05) is 0 Å². The monoisotopic (exact) mass is 154 g/mol. The zero-order valence-electron chi connectivity index (χ0n) is 6.49. The van der Waals surface area contributed by atoms with Crippen molar-refractivity contribution in [3.63, 3.8) is 0 Å². The molecule has 11 heavy (non-hydrogen) atoms. The van der Waals surface area contributed by atoms with Crippen LogP contribution in [0.5, 0.6) is 0 Å². The van der Waals surface area contributed by atoms with E-state index < -0.39 is 0 Å². The number of primary amides is 1. The molecule has 3 nitrogen and oxygen atoms in total. The summed E-state index contributed by atoms with van der Waals surface area (Å²) in [5.74, 6) is 0.878. The van der Waals surface area contributed by atoms with Gasteiger partial charge in [0.1, 0.15) is 0 Å². The molecule has 0 unspecified atom stereocenters. The smallest absolute Gasteiger partial charge is 0.222 e. The van der Waals surface area contributed by atoms with Gasteiger partial charge in [-0.3, -0.25) is 4.79 Å². The molecular formula is C8H14N2O. The Balaban J connectivity index is 2.17.